The smallest absolute Gasteiger partial charge is 0.0482 e. The Morgan fingerprint density at radius 1 is 1.67 bits per heavy atom. The lowest BCUT2D eigenvalue weighted by molar-refractivity contribution is 1.20. The number of nitrogens with one attached hydrogen (secondary N) is 1. The van der Waals surface area contributed by atoms with E-state index in [-0.39, 0.29) is 0 Å². The van der Waals surface area contributed by atoms with Crippen LogP contribution in [0, 0.1) is 6.92 Å². The molecule has 1 rings (SSSR count). The predicted molar refractivity (Wildman–Crippen MR) is 54.9 cm³/mol. The standard InChI is InChI=1S/C11H15N/c1-5-8(3)11-10(6-2)9(4)7-12-11/h6-7,12H,2-3,5H2,1,4H3. The molecule has 0 aliphatic rings. The van der Waals surface area contributed by atoms with Crippen LogP contribution in [0.2, 0.25) is 0 Å². The summed E-state index contributed by atoms with van der Waals surface area (Å²) in [7, 11) is 0. The average Bonchev–Trinajstić information content (AvgIpc) is 2.45. The fourth-order valence-corrected chi connectivity index (χ4v) is 1.27. The predicted octanol–water partition coefficient (Wildman–Crippen LogP) is 3.39. The van der Waals surface area contributed by atoms with Crippen LogP contribution < -0.4 is 0 Å². The molecule has 0 atom stereocenters. The quantitative estimate of drug-likeness (QED) is 0.699. The van der Waals surface area contributed by atoms with Gasteiger partial charge in [-0.3, -0.25) is 0 Å². The molecule has 0 radical (unpaired) electrons. The highest BCUT2D eigenvalue weighted by atomic mass is 14.7. The van der Waals surface area contributed by atoms with Crippen molar-refractivity contribution in [3.63, 3.8) is 0 Å². The van der Waals surface area contributed by atoms with Gasteiger partial charge in [0, 0.05) is 17.5 Å². The van der Waals surface area contributed by atoms with Crippen molar-refractivity contribution in [2.45, 2.75) is 20.3 Å². The maximum absolute atomic E-state index is 3.99. The molecule has 0 unspecified atom stereocenters. The van der Waals surface area contributed by atoms with Crippen molar-refractivity contribution in [1.29, 1.82) is 0 Å². The largest absolute Gasteiger partial charge is 0.361 e. The van der Waals surface area contributed by atoms with E-state index in [0.717, 1.165) is 17.7 Å². The Morgan fingerprint density at radius 3 is 2.83 bits per heavy atom. The van der Waals surface area contributed by atoms with E-state index in [2.05, 4.69) is 32.0 Å². The Bertz CT molecular complexity index is 305. The van der Waals surface area contributed by atoms with Crippen molar-refractivity contribution in [3.05, 3.63) is 36.2 Å². The molecule has 0 fully saturated rings. The zero-order valence-electron chi connectivity index (χ0n) is 7.78. The lowest BCUT2D eigenvalue weighted by Gasteiger charge is -2.01. The van der Waals surface area contributed by atoms with Gasteiger partial charge in [0.05, 0.1) is 0 Å². The lowest BCUT2D eigenvalue weighted by atomic mass is 10.1. The van der Waals surface area contributed by atoms with Crippen molar-refractivity contribution < 1.29 is 0 Å². The molecule has 1 aromatic rings. The summed E-state index contributed by atoms with van der Waals surface area (Å²) in [6, 6.07) is 0. The number of hydrogen-bond acceptors (Lipinski definition) is 0. The second-order valence-corrected chi connectivity index (χ2v) is 2.92. The first-order chi connectivity index (χ1) is 5.70. The zero-order valence-corrected chi connectivity index (χ0v) is 7.78. The third kappa shape index (κ3) is 1.35. The Labute approximate surface area is 73.8 Å². The summed E-state index contributed by atoms with van der Waals surface area (Å²) in [5.74, 6) is 0. The molecule has 1 heteroatoms. The van der Waals surface area contributed by atoms with Crippen molar-refractivity contribution in [2.75, 3.05) is 0 Å². The van der Waals surface area contributed by atoms with Crippen LogP contribution in [0.1, 0.15) is 30.2 Å². The molecule has 1 nitrogen and oxygen atoms in total. The van der Waals surface area contributed by atoms with Gasteiger partial charge in [0.1, 0.15) is 0 Å². The van der Waals surface area contributed by atoms with Crippen LogP contribution in [0.15, 0.2) is 19.4 Å². The molecule has 0 aliphatic heterocycles. The Kier molecular flexibility index (Phi) is 2.54. The Hall–Kier alpha value is -1.24. The van der Waals surface area contributed by atoms with E-state index in [1.54, 1.807) is 0 Å². The van der Waals surface area contributed by atoms with Crippen molar-refractivity contribution in [1.82, 2.24) is 4.98 Å². The SMILES string of the molecule is C=Cc1c(C)c[nH]c1C(=C)CC. The van der Waals surface area contributed by atoms with E-state index in [0.29, 0.717) is 0 Å². The van der Waals surface area contributed by atoms with Crippen LogP contribution in [0.25, 0.3) is 11.6 Å². The van der Waals surface area contributed by atoms with Gasteiger partial charge in [0.25, 0.3) is 0 Å². The fraction of sp³-hybridized carbons (Fsp3) is 0.273. The van der Waals surface area contributed by atoms with Crippen LogP contribution >= 0.6 is 0 Å². The molecule has 1 heterocycles. The maximum Gasteiger partial charge on any atom is 0.0482 e. The normalized spacial score (nSPS) is 9.83. The summed E-state index contributed by atoms with van der Waals surface area (Å²) in [6.45, 7) is 11.9. The van der Waals surface area contributed by atoms with E-state index in [9.17, 15) is 0 Å². The third-order valence-electron chi connectivity index (χ3n) is 2.11. The van der Waals surface area contributed by atoms with Gasteiger partial charge in [-0.05, 0) is 24.5 Å². The zero-order chi connectivity index (χ0) is 9.14. The molecule has 12 heavy (non-hydrogen) atoms. The Morgan fingerprint density at radius 2 is 2.33 bits per heavy atom. The second-order valence-electron chi connectivity index (χ2n) is 2.92. The monoisotopic (exact) mass is 161 g/mol. The van der Waals surface area contributed by atoms with Crippen LogP contribution in [0.4, 0.5) is 0 Å². The molecule has 64 valence electrons. The Balaban J connectivity index is 3.15. The maximum atomic E-state index is 3.99. The number of aromatic nitrogens is 1. The fourth-order valence-electron chi connectivity index (χ4n) is 1.27. The van der Waals surface area contributed by atoms with Crippen LogP contribution in [0.3, 0.4) is 0 Å². The van der Waals surface area contributed by atoms with Crippen molar-refractivity contribution >= 4 is 11.6 Å². The molecular formula is C11H15N. The summed E-state index contributed by atoms with van der Waals surface area (Å²) in [5, 5.41) is 0. The van der Waals surface area contributed by atoms with Gasteiger partial charge < -0.3 is 4.98 Å². The number of aromatic amines is 1. The molecule has 0 saturated carbocycles. The van der Waals surface area contributed by atoms with Crippen LogP contribution in [-0.4, -0.2) is 4.98 Å². The van der Waals surface area contributed by atoms with Gasteiger partial charge in [0.15, 0.2) is 0 Å². The number of hydrogen-bond donors (Lipinski definition) is 1. The second kappa shape index (κ2) is 3.44. The first-order valence-corrected chi connectivity index (χ1v) is 4.19. The van der Waals surface area contributed by atoms with E-state index >= 15 is 0 Å². The highest BCUT2D eigenvalue weighted by Crippen LogP contribution is 2.22. The molecule has 0 bridgehead atoms. The number of allylic oxidation sites excluding steroid dienone is 1. The number of rotatable bonds is 3. The minimum Gasteiger partial charge on any atom is -0.361 e. The summed E-state index contributed by atoms with van der Waals surface area (Å²) < 4.78 is 0. The molecule has 1 N–H and O–H groups in total. The van der Waals surface area contributed by atoms with Crippen LogP contribution in [0.5, 0.6) is 0 Å². The summed E-state index contributed by atoms with van der Waals surface area (Å²) >= 11 is 0. The van der Waals surface area contributed by atoms with Crippen molar-refractivity contribution in [2.24, 2.45) is 0 Å². The summed E-state index contributed by atoms with van der Waals surface area (Å²) in [6.07, 6.45) is 4.84. The van der Waals surface area contributed by atoms with Gasteiger partial charge >= 0.3 is 0 Å². The lowest BCUT2D eigenvalue weighted by Crippen LogP contribution is -1.84. The van der Waals surface area contributed by atoms with E-state index in [1.807, 2.05) is 12.3 Å². The molecule has 1 aromatic heterocycles. The van der Waals surface area contributed by atoms with E-state index < -0.39 is 0 Å². The van der Waals surface area contributed by atoms with Crippen LogP contribution in [-0.2, 0) is 0 Å². The minimum atomic E-state index is 0.973. The molecule has 0 aliphatic carbocycles. The van der Waals surface area contributed by atoms with E-state index in [1.165, 1.54) is 11.1 Å². The third-order valence-corrected chi connectivity index (χ3v) is 2.11. The average molecular weight is 161 g/mol. The molecular weight excluding hydrogens is 146 g/mol. The van der Waals surface area contributed by atoms with E-state index in [4.69, 9.17) is 0 Å². The summed E-state index contributed by atoms with van der Waals surface area (Å²) in [5.41, 5.74) is 4.68. The van der Waals surface area contributed by atoms with Gasteiger partial charge in [-0.2, -0.15) is 0 Å². The minimum absolute atomic E-state index is 0.973. The molecule has 0 aromatic carbocycles. The molecule has 0 saturated heterocycles. The number of aryl methyl sites for hydroxylation is 1. The molecule has 0 amide bonds. The highest BCUT2D eigenvalue weighted by Gasteiger charge is 2.05. The first kappa shape index (κ1) is 8.85. The summed E-state index contributed by atoms with van der Waals surface area (Å²) in [4.78, 5) is 3.20. The van der Waals surface area contributed by atoms with Gasteiger partial charge in [-0.1, -0.05) is 26.2 Å². The van der Waals surface area contributed by atoms with Gasteiger partial charge in [0.2, 0.25) is 0 Å². The number of H-pyrrole nitrogens is 1. The van der Waals surface area contributed by atoms with Gasteiger partial charge in [-0.15, -0.1) is 0 Å². The topological polar surface area (TPSA) is 15.8 Å². The highest BCUT2D eigenvalue weighted by molar-refractivity contribution is 5.71. The van der Waals surface area contributed by atoms with Crippen molar-refractivity contribution in [3.8, 4) is 0 Å². The van der Waals surface area contributed by atoms with Gasteiger partial charge in [-0.25, -0.2) is 0 Å². The molecule has 0 spiro atoms. The first-order valence-electron chi connectivity index (χ1n) is 4.19.